The second-order valence-corrected chi connectivity index (χ2v) is 5.00. The molecule has 1 aromatic rings. The zero-order chi connectivity index (χ0) is 13.8. The highest BCUT2D eigenvalue weighted by atomic mass is 16.5. The first kappa shape index (κ1) is 14.0. The summed E-state index contributed by atoms with van der Waals surface area (Å²) in [4.78, 5) is 18.3. The van der Waals surface area contributed by atoms with Crippen molar-refractivity contribution in [1.29, 1.82) is 0 Å². The van der Waals surface area contributed by atoms with Crippen LogP contribution < -0.4 is 5.32 Å². The third kappa shape index (κ3) is 3.12. The SMILES string of the molecule is CCc1noc([C@H](C)N2CCC(C(=O)NC)CC2)n1. The number of aromatic nitrogens is 2. The average molecular weight is 266 g/mol. The van der Waals surface area contributed by atoms with Crippen molar-refractivity contribution in [2.75, 3.05) is 20.1 Å². The Morgan fingerprint density at radius 1 is 1.53 bits per heavy atom. The Labute approximate surface area is 113 Å². The molecular weight excluding hydrogens is 244 g/mol. The third-order valence-electron chi connectivity index (χ3n) is 3.85. The molecule has 0 radical (unpaired) electrons. The molecule has 0 aromatic carbocycles. The van der Waals surface area contributed by atoms with Gasteiger partial charge in [0, 0.05) is 19.4 Å². The molecule has 1 aliphatic heterocycles. The van der Waals surface area contributed by atoms with E-state index in [1.54, 1.807) is 7.05 Å². The highest BCUT2D eigenvalue weighted by Crippen LogP contribution is 2.25. The van der Waals surface area contributed by atoms with E-state index in [1.165, 1.54) is 0 Å². The molecule has 1 fully saturated rings. The van der Waals surface area contributed by atoms with Crippen molar-refractivity contribution in [2.45, 2.75) is 39.2 Å². The van der Waals surface area contributed by atoms with E-state index in [-0.39, 0.29) is 17.9 Å². The summed E-state index contributed by atoms with van der Waals surface area (Å²) in [6, 6.07) is 0.124. The van der Waals surface area contributed by atoms with Crippen LogP contribution in [0.25, 0.3) is 0 Å². The normalized spacial score (nSPS) is 19.3. The first-order valence-electron chi connectivity index (χ1n) is 6.93. The summed E-state index contributed by atoms with van der Waals surface area (Å²) in [6.07, 6.45) is 2.56. The van der Waals surface area contributed by atoms with Crippen LogP contribution in [0.4, 0.5) is 0 Å². The lowest BCUT2D eigenvalue weighted by Crippen LogP contribution is -2.40. The minimum absolute atomic E-state index is 0.124. The van der Waals surface area contributed by atoms with Gasteiger partial charge in [-0.15, -0.1) is 0 Å². The highest BCUT2D eigenvalue weighted by molar-refractivity contribution is 5.78. The van der Waals surface area contributed by atoms with Crippen molar-refractivity contribution in [3.8, 4) is 0 Å². The van der Waals surface area contributed by atoms with Gasteiger partial charge in [0.05, 0.1) is 6.04 Å². The predicted octanol–water partition coefficient (Wildman–Crippen LogP) is 1.15. The molecule has 1 amide bonds. The number of nitrogens with one attached hydrogen (secondary N) is 1. The van der Waals surface area contributed by atoms with Crippen LogP contribution in [0.5, 0.6) is 0 Å². The molecule has 1 N–H and O–H groups in total. The summed E-state index contributed by atoms with van der Waals surface area (Å²) >= 11 is 0. The Balaban J connectivity index is 1.92. The summed E-state index contributed by atoms with van der Waals surface area (Å²) < 4.78 is 5.28. The van der Waals surface area contributed by atoms with Crippen LogP contribution in [-0.4, -0.2) is 41.1 Å². The molecule has 6 nitrogen and oxygen atoms in total. The molecule has 1 aliphatic rings. The number of hydrogen-bond acceptors (Lipinski definition) is 5. The minimum Gasteiger partial charge on any atom is -0.359 e. The van der Waals surface area contributed by atoms with E-state index in [1.807, 2.05) is 6.92 Å². The first-order chi connectivity index (χ1) is 9.15. The highest BCUT2D eigenvalue weighted by Gasteiger charge is 2.29. The maximum Gasteiger partial charge on any atom is 0.243 e. The summed E-state index contributed by atoms with van der Waals surface area (Å²) in [5.41, 5.74) is 0. The number of piperidine rings is 1. The van der Waals surface area contributed by atoms with E-state index in [2.05, 4.69) is 27.3 Å². The van der Waals surface area contributed by atoms with E-state index in [0.717, 1.165) is 38.2 Å². The number of rotatable bonds is 4. The van der Waals surface area contributed by atoms with Gasteiger partial charge in [0.25, 0.3) is 0 Å². The molecule has 6 heteroatoms. The summed E-state index contributed by atoms with van der Waals surface area (Å²) in [7, 11) is 1.70. The standard InChI is InChI=1S/C13H22N4O2/c1-4-11-15-13(19-16-11)9(2)17-7-5-10(6-8-17)12(18)14-3/h9-10H,4-8H2,1-3H3,(H,14,18)/t9-/m0/s1. The van der Waals surface area contributed by atoms with Crippen LogP contribution in [-0.2, 0) is 11.2 Å². The fourth-order valence-electron chi connectivity index (χ4n) is 2.49. The zero-order valence-corrected chi connectivity index (χ0v) is 11.8. The lowest BCUT2D eigenvalue weighted by molar-refractivity contribution is -0.126. The molecule has 19 heavy (non-hydrogen) atoms. The fourth-order valence-corrected chi connectivity index (χ4v) is 2.49. The number of likely N-dealkylation sites (tertiary alicyclic amines) is 1. The van der Waals surface area contributed by atoms with Gasteiger partial charge < -0.3 is 9.84 Å². The molecule has 1 aromatic heterocycles. The Morgan fingerprint density at radius 2 is 2.21 bits per heavy atom. The van der Waals surface area contributed by atoms with Crippen LogP contribution in [0.15, 0.2) is 4.52 Å². The second kappa shape index (κ2) is 6.14. The van der Waals surface area contributed by atoms with Crippen molar-refractivity contribution in [2.24, 2.45) is 5.92 Å². The van der Waals surface area contributed by atoms with Crippen LogP contribution in [0.2, 0.25) is 0 Å². The predicted molar refractivity (Wildman–Crippen MR) is 70.5 cm³/mol. The molecule has 2 heterocycles. The van der Waals surface area contributed by atoms with Gasteiger partial charge in [-0.25, -0.2) is 0 Å². The Kier molecular flexibility index (Phi) is 4.52. The van der Waals surface area contributed by atoms with Gasteiger partial charge in [0.1, 0.15) is 0 Å². The number of carbonyl (C=O) groups excluding carboxylic acids is 1. The van der Waals surface area contributed by atoms with Crippen LogP contribution >= 0.6 is 0 Å². The van der Waals surface area contributed by atoms with E-state index < -0.39 is 0 Å². The lowest BCUT2D eigenvalue weighted by atomic mass is 9.95. The molecular formula is C13H22N4O2. The molecule has 106 valence electrons. The van der Waals surface area contributed by atoms with Gasteiger partial charge in [0.2, 0.25) is 11.8 Å². The van der Waals surface area contributed by atoms with Gasteiger partial charge >= 0.3 is 0 Å². The molecule has 0 spiro atoms. The van der Waals surface area contributed by atoms with Gasteiger partial charge in [-0.3, -0.25) is 9.69 Å². The van der Waals surface area contributed by atoms with E-state index >= 15 is 0 Å². The topological polar surface area (TPSA) is 71.3 Å². The number of nitrogens with zero attached hydrogens (tertiary/aromatic N) is 3. The fraction of sp³-hybridized carbons (Fsp3) is 0.769. The van der Waals surface area contributed by atoms with Gasteiger partial charge in [0.15, 0.2) is 5.82 Å². The molecule has 1 saturated heterocycles. The van der Waals surface area contributed by atoms with Crippen molar-refractivity contribution >= 4 is 5.91 Å². The van der Waals surface area contributed by atoms with Crippen molar-refractivity contribution < 1.29 is 9.32 Å². The molecule has 1 atom stereocenters. The van der Waals surface area contributed by atoms with E-state index in [9.17, 15) is 4.79 Å². The third-order valence-corrected chi connectivity index (χ3v) is 3.85. The van der Waals surface area contributed by atoms with Gasteiger partial charge in [-0.05, 0) is 32.9 Å². The largest absolute Gasteiger partial charge is 0.359 e. The quantitative estimate of drug-likeness (QED) is 0.885. The van der Waals surface area contributed by atoms with Crippen LogP contribution in [0, 0.1) is 5.92 Å². The maximum atomic E-state index is 11.6. The summed E-state index contributed by atoms with van der Waals surface area (Å²) in [5, 5.41) is 6.65. The Bertz CT molecular complexity index is 424. The molecule has 0 aliphatic carbocycles. The van der Waals surface area contributed by atoms with Crippen molar-refractivity contribution in [1.82, 2.24) is 20.4 Å². The van der Waals surface area contributed by atoms with Crippen LogP contribution in [0.1, 0.15) is 44.4 Å². The zero-order valence-electron chi connectivity index (χ0n) is 11.8. The number of hydrogen-bond donors (Lipinski definition) is 1. The minimum atomic E-state index is 0.124. The molecule has 0 saturated carbocycles. The molecule has 0 unspecified atom stereocenters. The number of aryl methyl sites for hydroxylation is 1. The van der Waals surface area contributed by atoms with Crippen molar-refractivity contribution in [3.05, 3.63) is 11.7 Å². The first-order valence-corrected chi connectivity index (χ1v) is 6.93. The Morgan fingerprint density at radius 3 is 2.74 bits per heavy atom. The molecule has 2 rings (SSSR count). The number of carbonyl (C=O) groups is 1. The maximum absolute atomic E-state index is 11.6. The molecule has 0 bridgehead atoms. The van der Waals surface area contributed by atoms with E-state index in [0.29, 0.717) is 5.89 Å². The summed E-state index contributed by atoms with van der Waals surface area (Å²) in [6.45, 7) is 5.87. The van der Waals surface area contributed by atoms with Crippen molar-refractivity contribution in [3.63, 3.8) is 0 Å². The summed E-state index contributed by atoms with van der Waals surface area (Å²) in [5.74, 6) is 1.72. The smallest absolute Gasteiger partial charge is 0.243 e. The Hall–Kier alpha value is -1.43. The van der Waals surface area contributed by atoms with Crippen LogP contribution in [0.3, 0.4) is 0 Å². The second-order valence-electron chi connectivity index (χ2n) is 5.00. The van der Waals surface area contributed by atoms with E-state index in [4.69, 9.17) is 4.52 Å². The van der Waals surface area contributed by atoms with Gasteiger partial charge in [-0.2, -0.15) is 4.98 Å². The number of amides is 1. The average Bonchev–Trinajstić information content (AvgIpc) is 2.94. The van der Waals surface area contributed by atoms with Gasteiger partial charge in [-0.1, -0.05) is 12.1 Å². The monoisotopic (exact) mass is 266 g/mol. The lowest BCUT2D eigenvalue weighted by Gasteiger charge is -2.33.